The fraction of sp³-hybridized carbons (Fsp3) is 0.357. The van der Waals surface area contributed by atoms with E-state index in [4.69, 9.17) is 10.6 Å². The molecular weight excluding hydrogens is 245 g/mol. The van der Waals surface area contributed by atoms with Crippen LogP contribution in [-0.2, 0) is 5.41 Å². The van der Waals surface area contributed by atoms with Crippen LogP contribution < -0.4 is 16.0 Å². The van der Waals surface area contributed by atoms with Crippen molar-refractivity contribution >= 4 is 16.7 Å². The number of hydrazine groups is 1. The molecule has 1 aromatic carbocycles. The Kier molecular flexibility index (Phi) is 3.32. The predicted octanol–water partition coefficient (Wildman–Crippen LogP) is 2.97. The second kappa shape index (κ2) is 4.66. The van der Waals surface area contributed by atoms with Crippen LogP contribution in [-0.4, -0.2) is 12.1 Å². The van der Waals surface area contributed by atoms with E-state index < -0.39 is 5.82 Å². The lowest BCUT2D eigenvalue weighted by Gasteiger charge is -2.22. The maximum atomic E-state index is 13.7. The molecule has 0 saturated heterocycles. The average molecular weight is 263 g/mol. The Morgan fingerprint density at radius 2 is 1.95 bits per heavy atom. The van der Waals surface area contributed by atoms with E-state index in [0.29, 0.717) is 11.3 Å². The summed E-state index contributed by atoms with van der Waals surface area (Å²) in [6.45, 7) is 6.20. The number of benzene rings is 1. The summed E-state index contributed by atoms with van der Waals surface area (Å²) in [6.07, 6.45) is 0. The van der Waals surface area contributed by atoms with E-state index in [1.165, 1.54) is 13.2 Å². The zero-order valence-electron chi connectivity index (χ0n) is 11.5. The summed E-state index contributed by atoms with van der Waals surface area (Å²) in [4.78, 5) is 4.36. The first-order chi connectivity index (χ1) is 8.86. The van der Waals surface area contributed by atoms with Crippen LogP contribution >= 0.6 is 0 Å². The first-order valence-electron chi connectivity index (χ1n) is 6.02. The highest BCUT2D eigenvalue weighted by molar-refractivity contribution is 5.83. The van der Waals surface area contributed by atoms with E-state index in [9.17, 15) is 4.39 Å². The number of anilines is 1. The molecule has 0 saturated carbocycles. The Labute approximate surface area is 111 Å². The molecule has 5 heteroatoms. The SMILES string of the molecule is COc1cc2cc(C(C)(C)C)c(NN)nc2cc1F. The molecule has 3 N–H and O–H groups in total. The molecule has 102 valence electrons. The highest BCUT2D eigenvalue weighted by Crippen LogP contribution is 2.32. The van der Waals surface area contributed by atoms with E-state index in [1.807, 2.05) is 6.07 Å². The molecule has 2 aromatic rings. The smallest absolute Gasteiger partial charge is 0.167 e. The highest BCUT2D eigenvalue weighted by atomic mass is 19.1. The van der Waals surface area contributed by atoms with Crippen LogP contribution in [0, 0.1) is 5.82 Å². The standard InChI is InChI=1S/C14H18FN3O/c1-14(2,3)9-5-8-6-12(19-4)10(15)7-11(8)17-13(9)18-16/h5-7H,16H2,1-4H3,(H,17,18). The number of hydrogen-bond donors (Lipinski definition) is 2. The molecule has 0 fully saturated rings. The summed E-state index contributed by atoms with van der Waals surface area (Å²) >= 11 is 0. The van der Waals surface area contributed by atoms with Gasteiger partial charge in [0, 0.05) is 17.0 Å². The van der Waals surface area contributed by atoms with Crippen LogP contribution in [0.3, 0.4) is 0 Å². The molecule has 0 aliphatic carbocycles. The van der Waals surface area contributed by atoms with E-state index in [2.05, 4.69) is 31.2 Å². The summed E-state index contributed by atoms with van der Waals surface area (Å²) in [5.41, 5.74) is 3.97. The van der Waals surface area contributed by atoms with Crippen molar-refractivity contribution in [2.24, 2.45) is 5.84 Å². The normalized spacial score (nSPS) is 11.7. The molecule has 1 heterocycles. The van der Waals surface area contributed by atoms with Gasteiger partial charge in [-0.15, -0.1) is 0 Å². The molecule has 19 heavy (non-hydrogen) atoms. The van der Waals surface area contributed by atoms with E-state index in [1.54, 1.807) is 6.07 Å². The molecule has 4 nitrogen and oxygen atoms in total. The molecule has 0 bridgehead atoms. The molecule has 0 radical (unpaired) electrons. The number of methoxy groups -OCH3 is 1. The predicted molar refractivity (Wildman–Crippen MR) is 74.8 cm³/mol. The minimum atomic E-state index is -0.436. The maximum Gasteiger partial charge on any atom is 0.167 e. The minimum Gasteiger partial charge on any atom is -0.494 e. The van der Waals surface area contributed by atoms with Gasteiger partial charge in [-0.05, 0) is 17.5 Å². The molecule has 2 rings (SSSR count). The van der Waals surface area contributed by atoms with Crippen molar-refractivity contribution in [2.75, 3.05) is 12.5 Å². The Bertz CT molecular complexity index is 620. The lowest BCUT2D eigenvalue weighted by Crippen LogP contribution is -2.19. The third kappa shape index (κ3) is 2.46. The molecule has 0 unspecified atom stereocenters. The van der Waals surface area contributed by atoms with Gasteiger partial charge in [-0.2, -0.15) is 0 Å². The number of nitrogen functional groups attached to an aromatic ring is 1. The summed E-state index contributed by atoms with van der Waals surface area (Å²) in [6, 6.07) is 4.95. The van der Waals surface area contributed by atoms with Gasteiger partial charge in [-0.1, -0.05) is 20.8 Å². The topological polar surface area (TPSA) is 60.2 Å². The number of nitrogens with two attached hydrogens (primary N) is 1. The summed E-state index contributed by atoms with van der Waals surface area (Å²) < 4.78 is 18.7. The van der Waals surface area contributed by atoms with Gasteiger partial charge in [0.15, 0.2) is 11.6 Å². The summed E-state index contributed by atoms with van der Waals surface area (Å²) in [5.74, 6) is 5.84. The van der Waals surface area contributed by atoms with Crippen LogP contribution in [0.2, 0.25) is 0 Å². The van der Waals surface area contributed by atoms with Crippen molar-refractivity contribution in [3.63, 3.8) is 0 Å². The quantitative estimate of drug-likeness (QED) is 0.646. The maximum absolute atomic E-state index is 13.7. The van der Waals surface area contributed by atoms with Crippen LogP contribution in [0.25, 0.3) is 10.9 Å². The van der Waals surface area contributed by atoms with Crippen molar-refractivity contribution in [3.05, 3.63) is 29.6 Å². The largest absolute Gasteiger partial charge is 0.494 e. The lowest BCUT2D eigenvalue weighted by molar-refractivity contribution is 0.387. The third-order valence-corrected chi connectivity index (χ3v) is 3.03. The Hall–Kier alpha value is -1.88. The van der Waals surface area contributed by atoms with Crippen molar-refractivity contribution in [1.29, 1.82) is 0 Å². The fourth-order valence-corrected chi connectivity index (χ4v) is 2.01. The number of halogens is 1. The molecule has 0 aliphatic heterocycles. The van der Waals surface area contributed by atoms with Gasteiger partial charge in [-0.3, -0.25) is 0 Å². The molecule has 1 aromatic heterocycles. The van der Waals surface area contributed by atoms with Gasteiger partial charge in [0.25, 0.3) is 0 Å². The number of nitrogens with one attached hydrogen (secondary N) is 1. The van der Waals surface area contributed by atoms with E-state index in [-0.39, 0.29) is 11.2 Å². The zero-order valence-corrected chi connectivity index (χ0v) is 11.5. The monoisotopic (exact) mass is 263 g/mol. The number of fused-ring (bicyclic) bond motifs is 1. The summed E-state index contributed by atoms with van der Waals surface area (Å²) in [5, 5.41) is 0.821. The van der Waals surface area contributed by atoms with E-state index >= 15 is 0 Å². The molecule has 0 spiro atoms. The minimum absolute atomic E-state index is 0.121. The Morgan fingerprint density at radius 3 is 2.47 bits per heavy atom. The lowest BCUT2D eigenvalue weighted by atomic mass is 9.86. The summed E-state index contributed by atoms with van der Waals surface area (Å²) in [7, 11) is 1.44. The van der Waals surface area contributed by atoms with Crippen molar-refractivity contribution in [3.8, 4) is 5.75 Å². The second-order valence-electron chi connectivity index (χ2n) is 5.46. The fourth-order valence-electron chi connectivity index (χ4n) is 2.01. The van der Waals surface area contributed by atoms with Crippen molar-refractivity contribution < 1.29 is 9.13 Å². The molecule has 0 atom stereocenters. The number of aromatic nitrogens is 1. The second-order valence-corrected chi connectivity index (χ2v) is 5.46. The third-order valence-electron chi connectivity index (χ3n) is 3.03. The number of nitrogens with zero attached hydrogens (tertiary/aromatic N) is 1. The number of hydrogen-bond acceptors (Lipinski definition) is 4. The van der Waals surface area contributed by atoms with Gasteiger partial charge in [0.05, 0.1) is 12.6 Å². The first-order valence-corrected chi connectivity index (χ1v) is 6.02. The zero-order chi connectivity index (χ0) is 14.2. The van der Waals surface area contributed by atoms with Gasteiger partial charge in [0.1, 0.15) is 5.82 Å². The van der Waals surface area contributed by atoms with Crippen LogP contribution in [0.5, 0.6) is 5.75 Å². The highest BCUT2D eigenvalue weighted by Gasteiger charge is 2.20. The first kappa shape index (κ1) is 13.5. The van der Waals surface area contributed by atoms with Crippen LogP contribution in [0.4, 0.5) is 10.2 Å². The van der Waals surface area contributed by atoms with Gasteiger partial charge in [-0.25, -0.2) is 15.2 Å². The Morgan fingerprint density at radius 1 is 1.26 bits per heavy atom. The molecule has 0 aliphatic rings. The Balaban J connectivity index is 2.75. The van der Waals surface area contributed by atoms with E-state index in [0.717, 1.165) is 10.9 Å². The molecule has 0 amide bonds. The number of ether oxygens (including phenoxy) is 1. The number of rotatable bonds is 2. The molecular formula is C14H18FN3O. The number of pyridine rings is 1. The van der Waals surface area contributed by atoms with Crippen molar-refractivity contribution in [2.45, 2.75) is 26.2 Å². The van der Waals surface area contributed by atoms with Crippen molar-refractivity contribution in [1.82, 2.24) is 4.98 Å². The van der Waals surface area contributed by atoms with Gasteiger partial charge >= 0.3 is 0 Å². The van der Waals surface area contributed by atoms with Crippen LogP contribution in [0.15, 0.2) is 18.2 Å². The van der Waals surface area contributed by atoms with Gasteiger partial charge in [0.2, 0.25) is 0 Å². The average Bonchev–Trinajstić information content (AvgIpc) is 2.35. The van der Waals surface area contributed by atoms with Crippen LogP contribution in [0.1, 0.15) is 26.3 Å². The van der Waals surface area contributed by atoms with Gasteiger partial charge < -0.3 is 10.2 Å².